The van der Waals surface area contributed by atoms with Crippen molar-refractivity contribution in [2.24, 2.45) is 0 Å². The lowest BCUT2D eigenvalue weighted by molar-refractivity contribution is 0.775. The van der Waals surface area contributed by atoms with Gasteiger partial charge < -0.3 is 10.2 Å². The third kappa shape index (κ3) is 3.25. The highest BCUT2D eigenvalue weighted by Gasteiger charge is 2.05. The van der Waals surface area contributed by atoms with Crippen LogP contribution < -0.4 is 10.2 Å². The first-order chi connectivity index (χ1) is 8.29. The molecular weight excluding hydrogens is 232 g/mol. The Kier molecular flexibility index (Phi) is 4.06. The molecule has 5 heteroatoms. The Morgan fingerprint density at radius 1 is 1.41 bits per heavy atom. The summed E-state index contributed by atoms with van der Waals surface area (Å²) in [4.78, 5) is 10.9. The summed E-state index contributed by atoms with van der Waals surface area (Å²) in [6.07, 6.45) is 3.59. The number of hydrogen-bond acceptors (Lipinski definition) is 5. The van der Waals surface area contributed by atoms with Crippen LogP contribution in [-0.4, -0.2) is 24.1 Å². The summed E-state index contributed by atoms with van der Waals surface area (Å²) in [7, 11) is 3.94. The van der Waals surface area contributed by atoms with E-state index in [1.165, 1.54) is 5.56 Å². The largest absolute Gasteiger partial charge is 0.354 e. The third-order valence-corrected chi connectivity index (χ3v) is 3.15. The molecule has 0 aliphatic rings. The molecular formula is C12H16N4S. The molecule has 4 nitrogen and oxygen atoms in total. The fraction of sp³-hybridized carbons (Fsp3) is 0.333. The van der Waals surface area contributed by atoms with Crippen molar-refractivity contribution in [3.05, 3.63) is 40.5 Å². The van der Waals surface area contributed by atoms with E-state index >= 15 is 0 Å². The monoisotopic (exact) mass is 248 g/mol. The zero-order valence-electron chi connectivity index (χ0n) is 10.1. The first-order valence-corrected chi connectivity index (χ1v) is 6.41. The van der Waals surface area contributed by atoms with E-state index in [0.29, 0.717) is 0 Å². The van der Waals surface area contributed by atoms with Crippen molar-refractivity contribution in [3.8, 4) is 0 Å². The molecule has 0 atom stereocenters. The topological polar surface area (TPSA) is 41.1 Å². The lowest BCUT2D eigenvalue weighted by Gasteiger charge is -2.17. The third-order valence-electron chi connectivity index (χ3n) is 2.42. The van der Waals surface area contributed by atoms with Gasteiger partial charge in [-0.05, 0) is 29.4 Å². The molecule has 0 aliphatic heterocycles. The Morgan fingerprint density at radius 3 is 3.00 bits per heavy atom. The molecule has 0 saturated heterocycles. The van der Waals surface area contributed by atoms with E-state index in [-0.39, 0.29) is 0 Å². The Morgan fingerprint density at radius 2 is 2.29 bits per heavy atom. The Bertz CT molecular complexity index is 455. The van der Waals surface area contributed by atoms with Gasteiger partial charge in [0.05, 0.1) is 11.9 Å². The van der Waals surface area contributed by atoms with Crippen LogP contribution in [0.4, 0.5) is 5.82 Å². The van der Waals surface area contributed by atoms with E-state index in [2.05, 4.69) is 37.0 Å². The van der Waals surface area contributed by atoms with Crippen molar-refractivity contribution < 1.29 is 0 Å². The predicted octanol–water partition coefficient (Wildman–Crippen LogP) is 1.89. The zero-order valence-corrected chi connectivity index (χ0v) is 10.9. The average molecular weight is 248 g/mol. The molecule has 2 rings (SSSR count). The van der Waals surface area contributed by atoms with Crippen LogP contribution in [0.3, 0.4) is 0 Å². The fourth-order valence-corrected chi connectivity index (χ4v) is 2.24. The molecule has 0 unspecified atom stereocenters. The molecule has 2 aromatic heterocycles. The quantitative estimate of drug-likeness (QED) is 0.877. The Labute approximate surface area is 105 Å². The summed E-state index contributed by atoms with van der Waals surface area (Å²) in [5, 5.41) is 7.32. The van der Waals surface area contributed by atoms with Crippen LogP contribution >= 0.6 is 11.3 Å². The van der Waals surface area contributed by atoms with Crippen molar-refractivity contribution >= 4 is 17.2 Å². The number of anilines is 1. The van der Waals surface area contributed by atoms with Crippen LogP contribution in [0.2, 0.25) is 0 Å². The normalized spacial score (nSPS) is 10.5. The van der Waals surface area contributed by atoms with Gasteiger partial charge in [0.25, 0.3) is 0 Å². The predicted molar refractivity (Wildman–Crippen MR) is 71.2 cm³/mol. The summed E-state index contributed by atoms with van der Waals surface area (Å²) in [5.74, 6) is 0.906. The van der Waals surface area contributed by atoms with Crippen molar-refractivity contribution in [3.63, 3.8) is 0 Å². The minimum absolute atomic E-state index is 0.743. The molecule has 1 N–H and O–H groups in total. The molecule has 0 fully saturated rings. The van der Waals surface area contributed by atoms with Crippen LogP contribution in [0.1, 0.15) is 11.3 Å². The van der Waals surface area contributed by atoms with Gasteiger partial charge in [0.1, 0.15) is 5.82 Å². The van der Waals surface area contributed by atoms with Crippen LogP contribution in [0.5, 0.6) is 0 Å². The summed E-state index contributed by atoms with van der Waals surface area (Å²) < 4.78 is 0. The number of thiophene rings is 1. The van der Waals surface area contributed by atoms with Crippen LogP contribution in [0, 0.1) is 0 Å². The molecule has 0 amide bonds. The maximum atomic E-state index is 4.55. The molecule has 2 aromatic rings. The number of rotatable bonds is 5. The molecule has 2 heterocycles. The van der Waals surface area contributed by atoms with Gasteiger partial charge in [-0.15, -0.1) is 0 Å². The molecule has 0 bridgehead atoms. The zero-order chi connectivity index (χ0) is 12.1. The standard InChI is InChI=1S/C12H16N4S/c1-13-5-11-6-14-7-12(15-11)16(2)8-10-3-4-17-9-10/h3-4,6-7,9,13H,5,8H2,1-2H3. The summed E-state index contributed by atoms with van der Waals surface area (Å²) in [5.41, 5.74) is 2.26. The van der Waals surface area contributed by atoms with Crippen molar-refractivity contribution in [1.82, 2.24) is 15.3 Å². The molecule has 90 valence electrons. The van der Waals surface area contributed by atoms with E-state index < -0.39 is 0 Å². The molecule has 0 spiro atoms. The van der Waals surface area contributed by atoms with Gasteiger partial charge in [0.15, 0.2) is 0 Å². The maximum absolute atomic E-state index is 4.55. The summed E-state index contributed by atoms with van der Waals surface area (Å²) in [6.45, 7) is 1.61. The van der Waals surface area contributed by atoms with Crippen LogP contribution in [0.15, 0.2) is 29.2 Å². The summed E-state index contributed by atoms with van der Waals surface area (Å²) >= 11 is 1.72. The van der Waals surface area contributed by atoms with E-state index in [9.17, 15) is 0 Å². The van der Waals surface area contributed by atoms with Gasteiger partial charge in [0, 0.05) is 26.3 Å². The van der Waals surface area contributed by atoms with Gasteiger partial charge in [-0.25, -0.2) is 4.98 Å². The highest BCUT2D eigenvalue weighted by molar-refractivity contribution is 7.07. The average Bonchev–Trinajstić information content (AvgIpc) is 2.83. The van der Waals surface area contributed by atoms with Gasteiger partial charge in [-0.3, -0.25) is 4.98 Å². The second kappa shape index (κ2) is 5.75. The van der Waals surface area contributed by atoms with E-state index in [1.807, 2.05) is 14.1 Å². The SMILES string of the molecule is CNCc1cncc(N(C)Cc2ccsc2)n1. The summed E-state index contributed by atoms with van der Waals surface area (Å²) in [6, 6.07) is 2.13. The minimum Gasteiger partial charge on any atom is -0.354 e. The maximum Gasteiger partial charge on any atom is 0.147 e. The van der Waals surface area contributed by atoms with Crippen LogP contribution in [0.25, 0.3) is 0 Å². The molecule has 0 saturated carbocycles. The highest BCUT2D eigenvalue weighted by atomic mass is 32.1. The van der Waals surface area contributed by atoms with E-state index in [1.54, 1.807) is 23.7 Å². The number of nitrogens with zero attached hydrogens (tertiary/aromatic N) is 3. The smallest absolute Gasteiger partial charge is 0.147 e. The number of hydrogen-bond donors (Lipinski definition) is 1. The van der Waals surface area contributed by atoms with Gasteiger partial charge in [0.2, 0.25) is 0 Å². The Hall–Kier alpha value is -1.46. The highest BCUT2D eigenvalue weighted by Crippen LogP contribution is 2.14. The van der Waals surface area contributed by atoms with Crippen molar-refractivity contribution in [1.29, 1.82) is 0 Å². The van der Waals surface area contributed by atoms with Crippen molar-refractivity contribution in [2.45, 2.75) is 13.1 Å². The van der Waals surface area contributed by atoms with Gasteiger partial charge in [-0.1, -0.05) is 0 Å². The van der Waals surface area contributed by atoms with Crippen LogP contribution in [-0.2, 0) is 13.1 Å². The fourth-order valence-electron chi connectivity index (χ4n) is 1.58. The lowest BCUT2D eigenvalue weighted by Crippen LogP contribution is -2.19. The van der Waals surface area contributed by atoms with E-state index in [0.717, 1.165) is 24.6 Å². The second-order valence-electron chi connectivity index (χ2n) is 3.89. The number of nitrogens with one attached hydrogen (secondary N) is 1. The lowest BCUT2D eigenvalue weighted by atomic mass is 10.3. The van der Waals surface area contributed by atoms with Gasteiger partial charge >= 0.3 is 0 Å². The van der Waals surface area contributed by atoms with Crippen molar-refractivity contribution in [2.75, 3.05) is 19.0 Å². The second-order valence-corrected chi connectivity index (χ2v) is 4.67. The molecule has 0 aliphatic carbocycles. The number of aromatic nitrogens is 2. The molecule has 17 heavy (non-hydrogen) atoms. The van der Waals surface area contributed by atoms with E-state index in [4.69, 9.17) is 0 Å². The van der Waals surface area contributed by atoms with Gasteiger partial charge in [-0.2, -0.15) is 11.3 Å². The first-order valence-electron chi connectivity index (χ1n) is 5.47. The first kappa shape index (κ1) is 12.0. The Balaban J connectivity index is 2.07. The molecule has 0 radical (unpaired) electrons. The minimum atomic E-state index is 0.743. The molecule has 0 aromatic carbocycles.